The molecule has 1 aliphatic heterocycles. The summed E-state index contributed by atoms with van der Waals surface area (Å²) in [5.74, 6) is 0.865. The molecule has 4 rings (SSSR count). The second kappa shape index (κ2) is 7.70. The van der Waals surface area contributed by atoms with E-state index in [1.165, 1.54) is 19.3 Å². The number of carbonyl (C=O) groups is 1. The van der Waals surface area contributed by atoms with Crippen LogP contribution in [0.2, 0.25) is 0 Å². The van der Waals surface area contributed by atoms with Crippen LogP contribution in [-0.4, -0.2) is 19.7 Å². The first kappa shape index (κ1) is 20.3. The molecule has 7 heteroatoms. The highest BCUT2D eigenvalue weighted by atomic mass is 19.4. The van der Waals surface area contributed by atoms with Crippen molar-refractivity contribution in [3.63, 3.8) is 0 Å². The molecule has 1 aliphatic carbocycles. The number of carbonyl (C=O) groups excluding carboxylic acids is 1. The summed E-state index contributed by atoms with van der Waals surface area (Å²) in [6, 6.07) is 8.03. The van der Waals surface area contributed by atoms with E-state index >= 15 is 0 Å². The Labute approximate surface area is 172 Å². The van der Waals surface area contributed by atoms with E-state index in [4.69, 9.17) is 14.2 Å². The Kier molecular flexibility index (Phi) is 5.22. The van der Waals surface area contributed by atoms with Crippen LogP contribution in [0.3, 0.4) is 0 Å². The minimum atomic E-state index is -4.42. The van der Waals surface area contributed by atoms with E-state index in [0.717, 1.165) is 17.2 Å². The van der Waals surface area contributed by atoms with Crippen LogP contribution >= 0.6 is 0 Å². The Morgan fingerprint density at radius 2 is 2.03 bits per heavy atom. The van der Waals surface area contributed by atoms with Crippen molar-refractivity contribution in [1.82, 2.24) is 0 Å². The quantitative estimate of drug-likeness (QED) is 0.606. The van der Waals surface area contributed by atoms with Gasteiger partial charge in [0.05, 0.1) is 25.7 Å². The summed E-state index contributed by atoms with van der Waals surface area (Å²) < 4.78 is 56.4. The molecule has 1 heterocycles. The monoisotopic (exact) mass is 418 g/mol. The molecule has 0 saturated carbocycles. The molecule has 0 aromatic heterocycles. The lowest BCUT2D eigenvalue weighted by Gasteiger charge is -2.18. The summed E-state index contributed by atoms with van der Waals surface area (Å²) in [7, 11) is 1.35. The van der Waals surface area contributed by atoms with Gasteiger partial charge in [0.1, 0.15) is 17.6 Å². The Balaban J connectivity index is 1.55. The molecule has 0 spiro atoms. The van der Waals surface area contributed by atoms with Crippen LogP contribution in [0.25, 0.3) is 6.08 Å². The number of ether oxygens (including phenoxy) is 3. The van der Waals surface area contributed by atoms with E-state index in [1.807, 2.05) is 6.07 Å². The number of benzene rings is 2. The Bertz CT molecular complexity index is 997. The number of esters is 1. The fourth-order valence-corrected chi connectivity index (χ4v) is 4.24. The lowest BCUT2D eigenvalue weighted by molar-refractivity contribution is -0.141. The van der Waals surface area contributed by atoms with E-state index in [-0.39, 0.29) is 30.0 Å². The predicted molar refractivity (Wildman–Crippen MR) is 105 cm³/mol. The molecule has 158 valence electrons. The Morgan fingerprint density at radius 3 is 2.73 bits per heavy atom. The maximum absolute atomic E-state index is 13.3. The first-order valence-electron chi connectivity index (χ1n) is 9.67. The molecule has 0 amide bonds. The van der Waals surface area contributed by atoms with E-state index in [1.54, 1.807) is 12.1 Å². The summed E-state index contributed by atoms with van der Waals surface area (Å²) in [5.41, 5.74) is 1.78. The number of hydrogen-bond acceptors (Lipinski definition) is 4. The molecule has 0 fully saturated rings. The van der Waals surface area contributed by atoms with Crippen molar-refractivity contribution in [3.05, 3.63) is 64.7 Å². The van der Waals surface area contributed by atoms with E-state index < -0.39 is 11.7 Å². The highest BCUT2D eigenvalue weighted by Gasteiger charge is 2.37. The van der Waals surface area contributed by atoms with Crippen molar-refractivity contribution in [3.8, 4) is 11.5 Å². The molecule has 0 N–H and O–H groups in total. The molecule has 1 unspecified atom stereocenters. The van der Waals surface area contributed by atoms with E-state index in [0.29, 0.717) is 36.5 Å². The normalized spacial score (nSPS) is 19.6. The van der Waals surface area contributed by atoms with Crippen LogP contribution in [0.4, 0.5) is 13.2 Å². The molecule has 2 aromatic rings. The van der Waals surface area contributed by atoms with Crippen LogP contribution in [0.1, 0.15) is 52.7 Å². The fraction of sp³-hybridized carbons (Fsp3) is 0.348. The van der Waals surface area contributed by atoms with Crippen LogP contribution in [0.5, 0.6) is 11.5 Å². The maximum Gasteiger partial charge on any atom is 0.416 e. The van der Waals surface area contributed by atoms with Crippen molar-refractivity contribution in [1.29, 1.82) is 0 Å². The summed E-state index contributed by atoms with van der Waals surface area (Å²) >= 11 is 0. The van der Waals surface area contributed by atoms with Gasteiger partial charge in [-0.25, -0.2) is 0 Å². The first-order valence-corrected chi connectivity index (χ1v) is 9.67. The number of halogens is 3. The highest BCUT2D eigenvalue weighted by Crippen LogP contribution is 2.44. The zero-order chi connectivity index (χ0) is 21.5. The third-order valence-corrected chi connectivity index (χ3v) is 5.69. The van der Waals surface area contributed by atoms with Gasteiger partial charge in [0, 0.05) is 17.5 Å². The average Bonchev–Trinajstić information content (AvgIpc) is 3.30. The number of fused-ring (bicyclic) bond motifs is 2. The van der Waals surface area contributed by atoms with Crippen molar-refractivity contribution >= 4 is 12.0 Å². The molecule has 0 radical (unpaired) electrons. The lowest BCUT2D eigenvalue weighted by Crippen LogP contribution is -2.10. The zero-order valence-electron chi connectivity index (χ0n) is 16.4. The topological polar surface area (TPSA) is 44.8 Å². The van der Waals surface area contributed by atoms with E-state index in [2.05, 4.69) is 6.58 Å². The molecule has 0 saturated heterocycles. The molecule has 30 heavy (non-hydrogen) atoms. The second-order valence-electron chi connectivity index (χ2n) is 7.43. The van der Waals surface area contributed by atoms with E-state index in [9.17, 15) is 18.0 Å². The van der Waals surface area contributed by atoms with Crippen LogP contribution in [0.15, 0.2) is 36.9 Å². The molecule has 2 atom stereocenters. The SMILES string of the molecule is C=Cc1c(C(F)(F)F)ccc2c1CC[C@H]2Oc1ccc2c(c1)OCC2CC(=O)OC. The predicted octanol–water partition coefficient (Wildman–Crippen LogP) is 5.45. The first-order chi connectivity index (χ1) is 14.3. The minimum absolute atomic E-state index is 0.0651. The van der Waals surface area contributed by atoms with Gasteiger partial charge < -0.3 is 14.2 Å². The van der Waals surface area contributed by atoms with Crippen molar-refractivity contribution in [2.75, 3.05) is 13.7 Å². The smallest absolute Gasteiger partial charge is 0.416 e. The van der Waals surface area contributed by atoms with Gasteiger partial charge in [-0.2, -0.15) is 13.2 Å². The van der Waals surface area contributed by atoms with Gasteiger partial charge in [-0.15, -0.1) is 0 Å². The number of alkyl halides is 3. The van der Waals surface area contributed by atoms with Gasteiger partial charge in [0.25, 0.3) is 0 Å². The minimum Gasteiger partial charge on any atom is -0.492 e. The number of hydrogen-bond donors (Lipinski definition) is 0. The molecule has 0 bridgehead atoms. The standard InChI is InChI=1S/C23H21F3O4/c1-3-15-17-7-9-20(18(17)6-8-19(15)23(24,25)26)30-14-4-5-16-13(10-22(27)28-2)12-29-21(16)11-14/h3-6,8,11,13,20H,1,7,9-10,12H2,2H3/t13?,20-/m1/s1. The van der Waals surface area contributed by atoms with Gasteiger partial charge in [-0.1, -0.05) is 24.8 Å². The van der Waals surface area contributed by atoms with Crippen LogP contribution < -0.4 is 9.47 Å². The summed E-state index contributed by atoms with van der Waals surface area (Å²) in [6.45, 7) is 3.97. The van der Waals surface area contributed by atoms with Crippen molar-refractivity contribution in [2.45, 2.75) is 37.5 Å². The van der Waals surface area contributed by atoms with Gasteiger partial charge >= 0.3 is 12.1 Å². The number of rotatable bonds is 5. The zero-order valence-corrected chi connectivity index (χ0v) is 16.4. The van der Waals surface area contributed by atoms with Crippen LogP contribution in [-0.2, 0) is 22.1 Å². The Morgan fingerprint density at radius 1 is 1.27 bits per heavy atom. The molecular weight excluding hydrogens is 397 g/mol. The summed E-state index contributed by atoms with van der Waals surface area (Å²) in [5, 5.41) is 0. The molecular formula is C23H21F3O4. The summed E-state index contributed by atoms with van der Waals surface area (Å²) in [4.78, 5) is 11.5. The Hall–Kier alpha value is -2.96. The van der Waals surface area contributed by atoms with Crippen molar-refractivity contribution < 1.29 is 32.2 Å². The van der Waals surface area contributed by atoms with Gasteiger partial charge in [0.15, 0.2) is 0 Å². The molecule has 2 aliphatic rings. The summed E-state index contributed by atoms with van der Waals surface area (Å²) in [6.07, 6.45) is -2.17. The second-order valence-corrected chi connectivity index (χ2v) is 7.43. The largest absolute Gasteiger partial charge is 0.492 e. The third kappa shape index (κ3) is 3.64. The van der Waals surface area contributed by atoms with Gasteiger partial charge in [0.2, 0.25) is 0 Å². The maximum atomic E-state index is 13.3. The van der Waals surface area contributed by atoms with Gasteiger partial charge in [-0.3, -0.25) is 4.79 Å². The average molecular weight is 418 g/mol. The number of methoxy groups -OCH3 is 1. The fourth-order valence-electron chi connectivity index (χ4n) is 4.24. The highest BCUT2D eigenvalue weighted by molar-refractivity contribution is 5.71. The molecule has 2 aromatic carbocycles. The van der Waals surface area contributed by atoms with Gasteiger partial charge in [-0.05, 0) is 41.7 Å². The third-order valence-electron chi connectivity index (χ3n) is 5.69. The lowest BCUT2D eigenvalue weighted by atomic mass is 9.96. The van der Waals surface area contributed by atoms with Crippen molar-refractivity contribution in [2.24, 2.45) is 0 Å². The van der Waals surface area contributed by atoms with Crippen LogP contribution in [0, 0.1) is 0 Å². The molecule has 4 nitrogen and oxygen atoms in total.